The molecule has 27 heavy (non-hydrogen) atoms. The quantitative estimate of drug-likeness (QED) is 0.780. The first-order valence-corrected chi connectivity index (χ1v) is 8.59. The molecule has 2 N–H and O–H groups in total. The van der Waals surface area contributed by atoms with E-state index < -0.39 is 5.54 Å². The van der Waals surface area contributed by atoms with E-state index in [1.54, 1.807) is 19.4 Å². The summed E-state index contributed by atoms with van der Waals surface area (Å²) in [5, 5.41) is 0. The first-order valence-electron chi connectivity index (χ1n) is 8.59. The van der Waals surface area contributed by atoms with Crippen molar-refractivity contribution in [2.24, 2.45) is 10.7 Å². The molecule has 1 aromatic heterocycles. The number of hydrogen-bond acceptors (Lipinski definition) is 5. The second-order valence-electron chi connectivity index (χ2n) is 6.62. The summed E-state index contributed by atoms with van der Waals surface area (Å²) in [5.74, 6) is -0.0546. The van der Waals surface area contributed by atoms with E-state index in [1.165, 1.54) is 16.8 Å². The number of hydrogen-bond donors (Lipinski definition) is 1. The van der Waals surface area contributed by atoms with Crippen LogP contribution in [0.4, 0.5) is 0 Å². The Morgan fingerprint density at radius 1 is 0.963 bits per heavy atom. The van der Waals surface area contributed by atoms with E-state index in [0.717, 1.165) is 16.7 Å². The van der Waals surface area contributed by atoms with Gasteiger partial charge in [0.2, 0.25) is 0 Å². The molecule has 1 atom stereocenters. The number of nitrogens with zero attached hydrogens (tertiary/aromatic N) is 4. The zero-order chi connectivity index (χ0) is 19.0. The molecule has 0 aliphatic carbocycles. The number of aromatic nitrogens is 2. The average Bonchev–Trinajstić information content (AvgIpc) is 2.94. The van der Waals surface area contributed by atoms with Crippen molar-refractivity contribution in [1.82, 2.24) is 14.9 Å². The van der Waals surface area contributed by atoms with E-state index in [9.17, 15) is 4.79 Å². The van der Waals surface area contributed by atoms with Crippen LogP contribution in [0.3, 0.4) is 0 Å². The standard InChI is InChI=1S/C21H19N5O/c1-14-5-3-6-15(9-14)16-7-4-8-17(10-16)21(18-11-23-13-24-12-18)19(27)26(2)20(22)25-21/h3-13H,1-2H3,(H2,22,25). The minimum atomic E-state index is -1.28. The predicted molar refractivity (Wildman–Crippen MR) is 104 cm³/mol. The van der Waals surface area contributed by atoms with Crippen LogP contribution >= 0.6 is 0 Å². The van der Waals surface area contributed by atoms with Gasteiger partial charge in [-0.2, -0.15) is 0 Å². The number of amides is 1. The molecule has 0 saturated heterocycles. The number of likely N-dealkylation sites (N-methyl/N-ethyl adjacent to an activating group) is 1. The Labute approximate surface area is 157 Å². The van der Waals surface area contributed by atoms with E-state index in [1.807, 2.05) is 36.4 Å². The second-order valence-corrected chi connectivity index (χ2v) is 6.62. The molecule has 134 valence electrons. The largest absolute Gasteiger partial charge is 0.369 e. The van der Waals surface area contributed by atoms with E-state index in [4.69, 9.17) is 5.73 Å². The van der Waals surface area contributed by atoms with E-state index in [0.29, 0.717) is 5.56 Å². The molecule has 4 rings (SSSR count). The summed E-state index contributed by atoms with van der Waals surface area (Å²) in [6, 6.07) is 16.0. The summed E-state index contributed by atoms with van der Waals surface area (Å²) in [5.41, 5.74) is 9.29. The Bertz CT molecular complexity index is 1050. The zero-order valence-electron chi connectivity index (χ0n) is 15.1. The van der Waals surface area contributed by atoms with Crippen molar-refractivity contribution in [3.8, 4) is 11.1 Å². The summed E-state index contributed by atoms with van der Waals surface area (Å²) >= 11 is 0. The summed E-state index contributed by atoms with van der Waals surface area (Å²) < 4.78 is 0. The highest BCUT2D eigenvalue weighted by atomic mass is 16.2. The van der Waals surface area contributed by atoms with Crippen LogP contribution in [0.25, 0.3) is 11.1 Å². The van der Waals surface area contributed by atoms with Gasteiger partial charge in [-0.1, -0.05) is 48.0 Å². The van der Waals surface area contributed by atoms with Crippen LogP contribution in [-0.2, 0) is 10.3 Å². The van der Waals surface area contributed by atoms with Gasteiger partial charge in [0.1, 0.15) is 6.33 Å². The lowest BCUT2D eigenvalue weighted by molar-refractivity contribution is -0.129. The Morgan fingerprint density at radius 2 is 1.63 bits per heavy atom. The topological polar surface area (TPSA) is 84.5 Å². The van der Waals surface area contributed by atoms with Crippen molar-refractivity contribution in [1.29, 1.82) is 0 Å². The summed E-state index contributed by atoms with van der Waals surface area (Å²) in [6.07, 6.45) is 4.65. The molecular weight excluding hydrogens is 338 g/mol. The van der Waals surface area contributed by atoms with Crippen molar-refractivity contribution in [2.75, 3.05) is 7.05 Å². The summed E-state index contributed by atoms with van der Waals surface area (Å²) in [6.45, 7) is 2.05. The molecule has 1 unspecified atom stereocenters. The third-order valence-corrected chi connectivity index (χ3v) is 4.85. The van der Waals surface area contributed by atoms with Crippen LogP contribution in [-0.4, -0.2) is 33.8 Å². The molecule has 1 aliphatic heterocycles. The van der Waals surface area contributed by atoms with Gasteiger partial charge in [-0.05, 0) is 29.7 Å². The molecule has 2 heterocycles. The number of rotatable bonds is 3. The maximum atomic E-state index is 13.2. The van der Waals surface area contributed by atoms with Gasteiger partial charge in [0.15, 0.2) is 11.5 Å². The highest BCUT2D eigenvalue weighted by Gasteiger charge is 2.50. The van der Waals surface area contributed by atoms with Gasteiger partial charge in [-0.25, -0.2) is 15.0 Å². The molecule has 6 nitrogen and oxygen atoms in total. The molecule has 1 aliphatic rings. The second kappa shape index (κ2) is 6.32. The minimum Gasteiger partial charge on any atom is -0.369 e. The Hall–Kier alpha value is -3.54. The van der Waals surface area contributed by atoms with Crippen molar-refractivity contribution in [3.63, 3.8) is 0 Å². The lowest BCUT2D eigenvalue weighted by atomic mass is 9.83. The van der Waals surface area contributed by atoms with Crippen LogP contribution in [0.5, 0.6) is 0 Å². The molecule has 0 spiro atoms. The van der Waals surface area contributed by atoms with Crippen LogP contribution in [0.2, 0.25) is 0 Å². The molecule has 1 amide bonds. The third-order valence-electron chi connectivity index (χ3n) is 4.85. The smallest absolute Gasteiger partial charge is 0.266 e. The van der Waals surface area contributed by atoms with Gasteiger partial charge >= 0.3 is 0 Å². The van der Waals surface area contributed by atoms with Gasteiger partial charge in [0, 0.05) is 25.0 Å². The van der Waals surface area contributed by atoms with Crippen LogP contribution < -0.4 is 5.73 Å². The van der Waals surface area contributed by atoms with Crippen molar-refractivity contribution >= 4 is 11.9 Å². The number of carbonyl (C=O) groups excluding carboxylic acids is 1. The zero-order valence-corrected chi connectivity index (χ0v) is 15.1. The van der Waals surface area contributed by atoms with Gasteiger partial charge < -0.3 is 5.73 Å². The molecule has 2 aromatic carbocycles. The van der Waals surface area contributed by atoms with Crippen molar-refractivity contribution in [3.05, 3.63) is 83.9 Å². The van der Waals surface area contributed by atoms with E-state index in [-0.39, 0.29) is 11.9 Å². The fourth-order valence-corrected chi connectivity index (χ4v) is 3.42. The predicted octanol–water partition coefficient (Wildman–Crippen LogP) is 2.48. The monoisotopic (exact) mass is 357 g/mol. The highest BCUT2D eigenvalue weighted by Crippen LogP contribution is 2.39. The number of guanidine groups is 1. The SMILES string of the molecule is Cc1cccc(-c2cccc(C3(c4cncnc4)N=C(N)N(C)C3=O)c2)c1. The Balaban J connectivity index is 1.93. The number of aliphatic imine (C=N–C) groups is 1. The molecule has 0 bridgehead atoms. The molecule has 6 heteroatoms. The van der Waals surface area contributed by atoms with Crippen molar-refractivity contribution in [2.45, 2.75) is 12.5 Å². The number of nitrogens with two attached hydrogens (primary N) is 1. The average molecular weight is 357 g/mol. The van der Waals surface area contributed by atoms with Crippen LogP contribution in [0.1, 0.15) is 16.7 Å². The maximum Gasteiger partial charge on any atom is 0.266 e. The number of benzene rings is 2. The third kappa shape index (κ3) is 2.66. The number of carbonyl (C=O) groups is 1. The summed E-state index contributed by atoms with van der Waals surface area (Å²) in [7, 11) is 1.62. The van der Waals surface area contributed by atoms with Gasteiger partial charge in [-0.15, -0.1) is 0 Å². The van der Waals surface area contributed by atoms with Crippen molar-refractivity contribution < 1.29 is 4.79 Å². The Kier molecular flexibility index (Phi) is 3.96. The Morgan fingerprint density at radius 3 is 2.26 bits per heavy atom. The van der Waals surface area contributed by atoms with Gasteiger partial charge in [-0.3, -0.25) is 9.69 Å². The normalized spacial score (nSPS) is 19.3. The fraction of sp³-hybridized carbons (Fsp3) is 0.143. The molecular formula is C21H19N5O. The number of aryl methyl sites for hydroxylation is 1. The van der Waals surface area contributed by atoms with Gasteiger partial charge in [0.05, 0.1) is 0 Å². The highest BCUT2D eigenvalue weighted by molar-refractivity contribution is 6.08. The molecule has 0 saturated carbocycles. The first kappa shape index (κ1) is 16.9. The van der Waals surface area contributed by atoms with Crippen LogP contribution in [0, 0.1) is 6.92 Å². The molecule has 0 fully saturated rings. The lowest BCUT2D eigenvalue weighted by Gasteiger charge is -2.25. The summed E-state index contributed by atoms with van der Waals surface area (Å²) in [4.78, 5) is 27.3. The van der Waals surface area contributed by atoms with E-state index >= 15 is 0 Å². The lowest BCUT2D eigenvalue weighted by Crippen LogP contribution is -2.41. The maximum absolute atomic E-state index is 13.2. The van der Waals surface area contributed by atoms with Gasteiger partial charge in [0.25, 0.3) is 5.91 Å². The van der Waals surface area contributed by atoms with E-state index in [2.05, 4.69) is 34.0 Å². The molecule has 0 radical (unpaired) electrons. The minimum absolute atomic E-state index is 0.171. The molecule has 3 aromatic rings. The fourth-order valence-electron chi connectivity index (χ4n) is 3.42. The van der Waals surface area contributed by atoms with Crippen LogP contribution in [0.15, 0.2) is 72.2 Å². The first-order chi connectivity index (χ1) is 13.0.